The number of aromatic amines is 1. The number of fused-ring (bicyclic) bond motifs is 2. The molecule has 2 aromatic rings. The van der Waals surface area contributed by atoms with Crippen molar-refractivity contribution in [3.05, 3.63) is 56.6 Å². The number of hydrogen-bond acceptors (Lipinski definition) is 7. The van der Waals surface area contributed by atoms with Crippen molar-refractivity contribution in [1.82, 2.24) is 9.55 Å². The van der Waals surface area contributed by atoms with Gasteiger partial charge in [0.05, 0.1) is 12.3 Å². The normalized spacial score (nSPS) is 31.3. The molecule has 0 amide bonds. The van der Waals surface area contributed by atoms with Crippen LogP contribution in [0.2, 0.25) is 0 Å². The highest BCUT2D eigenvalue weighted by Crippen LogP contribution is 2.45. The molecule has 3 aliphatic heterocycles. The van der Waals surface area contributed by atoms with Crippen LogP contribution in [-0.4, -0.2) is 34.7 Å². The number of aromatic nitrogens is 2. The average molecular weight is 378 g/mol. The lowest BCUT2D eigenvalue weighted by atomic mass is 10.1. The molecule has 1 N–H and O–H groups in total. The number of nitrogens with zero attached hydrogens (tertiary/aromatic N) is 1. The summed E-state index contributed by atoms with van der Waals surface area (Å²) in [5.41, 5.74) is -1.14. The maximum Gasteiger partial charge on any atom is 0.330 e. The van der Waals surface area contributed by atoms with Crippen LogP contribution in [-0.2, 0) is 14.2 Å². The minimum atomic E-state index is -1.08. The monoisotopic (exact) mass is 378 g/mol. The molecule has 0 aliphatic carbocycles. The minimum Gasteiger partial charge on any atom is -0.454 e. The Hall–Kier alpha value is -2.69. The predicted octanol–water partition coefficient (Wildman–Crippen LogP) is 0.804. The molecular formula is C17H15FN2O7. The number of halogens is 1. The summed E-state index contributed by atoms with van der Waals surface area (Å²) in [5, 5.41) is 0. The van der Waals surface area contributed by atoms with Crippen LogP contribution in [0.25, 0.3) is 0 Å². The summed E-state index contributed by atoms with van der Waals surface area (Å²) >= 11 is 0. The summed E-state index contributed by atoms with van der Waals surface area (Å²) in [5.74, 6) is 0.152. The first-order chi connectivity index (χ1) is 13.0. The molecule has 10 heteroatoms. The first-order valence-corrected chi connectivity index (χ1v) is 8.38. The predicted molar refractivity (Wildman–Crippen MR) is 85.9 cm³/mol. The summed E-state index contributed by atoms with van der Waals surface area (Å²) in [4.78, 5) is 25.3. The third-order valence-corrected chi connectivity index (χ3v) is 4.85. The van der Waals surface area contributed by atoms with Gasteiger partial charge in [0.15, 0.2) is 24.0 Å². The highest BCUT2D eigenvalue weighted by Gasteiger charge is 2.52. The number of ether oxygens (including phenoxy) is 5. The molecule has 0 radical (unpaired) electrons. The lowest BCUT2D eigenvalue weighted by Gasteiger charge is -2.20. The molecule has 1 aromatic carbocycles. The van der Waals surface area contributed by atoms with E-state index in [0.29, 0.717) is 11.5 Å². The lowest BCUT2D eigenvalue weighted by molar-refractivity contribution is -0.145. The van der Waals surface area contributed by atoms with Crippen LogP contribution in [0.3, 0.4) is 0 Å². The van der Waals surface area contributed by atoms with E-state index in [1.165, 1.54) is 0 Å². The third-order valence-electron chi connectivity index (χ3n) is 4.85. The summed E-state index contributed by atoms with van der Waals surface area (Å²) in [6.45, 7) is 1.93. The van der Waals surface area contributed by atoms with Crippen LogP contribution in [0.4, 0.5) is 4.39 Å². The molecule has 1 unspecified atom stereocenters. The molecule has 5 atom stereocenters. The van der Waals surface area contributed by atoms with Crippen molar-refractivity contribution in [1.29, 1.82) is 0 Å². The van der Waals surface area contributed by atoms with Crippen molar-refractivity contribution < 1.29 is 28.1 Å². The maximum absolute atomic E-state index is 13.7. The van der Waals surface area contributed by atoms with Gasteiger partial charge in [-0.25, -0.2) is 4.79 Å². The maximum atomic E-state index is 13.7. The van der Waals surface area contributed by atoms with E-state index in [4.69, 9.17) is 23.7 Å². The number of H-pyrrole nitrogens is 1. The highest BCUT2D eigenvalue weighted by molar-refractivity contribution is 5.44. The van der Waals surface area contributed by atoms with Gasteiger partial charge in [-0.2, -0.15) is 4.39 Å². The zero-order valence-electron chi connectivity index (χ0n) is 14.1. The first kappa shape index (κ1) is 16.5. The van der Waals surface area contributed by atoms with E-state index >= 15 is 0 Å². The van der Waals surface area contributed by atoms with Gasteiger partial charge < -0.3 is 23.7 Å². The number of hydrogen-bond donors (Lipinski definition) is 1. The zero-order chi connectivity index (χ0) is 18.7. The van der Waals surface area contributed by atoms with Gasteiger partial charge in [0.2, 0.25) is 12.6 Å². The van der Waals surface area contributed by atoms with E-state index in [0.717, 1.165) is 16.3 Å². The van der Waals surface area contributed by atoms with E-state index < -0.39 is 47.9 Å². The average Bonchev–Trinajstić information content (AvgIpc) is 3.34. The number of nitrogens with one attached hydrogen (secondary N) is 1. The first-order valence-electron chi connectivity index (χ1n) is 8.38. The van der Waals surface area contributed by atoms with Gasteiger partial charge in [0.25, 0.3) is 5.56 Å². The van der Waals surface area contributed by atoms with Gasteiger partial charge in [-0.1, -0.05) is 0 Å². The smallest absolute Gasteiger partial charge is 0.330 e. The van der Waals surface area contributed by atoms with Crippen LogP contribution >= 0.6 is 0 Å². The van der Waals surface area contributed by atoms with Crippen molar-refractivity contribution in [2.24, 2.45) is 0 Å². The van der Waals surface area contributed by atoms with E-state index in [-0.39, 0.29) is 6.79 Å². The Labute approximate surface area is 151 Å². The fraction of sp³-hybridized carbons (Fsp3) is 0.412. The summed E-state index contributed by atoms with van der Waals surface area (Å²) in [7, 11) is 0. The number of rotatable bonds is 2. The Kier molecular flexibility index (Phi) is 3.61. The minimum absolute atomic E-state index is 0.157. The lowest BCUT2D eigenvalue weighted by Crippen LogP contribution is -2.38. The molecule has 142 valence electrons. The molecule has 1 aromatic heterocycles. The highest BCUT2D eigenvalue weighted by atomic mass is 19.1. The van der Waals surface area contributed by atoms with Crippen LogP contribution < -0.4 is 20.7 Å². The Bertz CT molecular complexity index is 1020. The molecule has 0 spiro atoms. The van der Waals surface area contributed by atoms with Crippen LogP contribution in [0.15, 0.2) is 34.0 Å². The quantitative estimate of drug-likeness (QED) is 0.825. The van der Waals surface area contributed by atoms with Gasteiger partial charge in [-0.05, 0) is 25.1 Å². The summed E-state index contributed by atoms with van der Waals surface area (Å²) in [6.07, 6.45) is -2.33. The topological polar surface area (TPSA) is 101 Å². The van der Waals surface area contributed by atoms with Gasteiger partial charge in [0, 0.05) is 5.56 Å². The molecule has 27 heavy (non-hydrogen) atoms. The van der Waals surface area contributed by atoms with Crippen molar-refractivity contribution in [3.63, 3.8) is 0 Å². The van der Waals surface area contributed by atoms with E-state index in [9.17, 15) is 14.0 Å². The molecule has 0 saturated carbocycles. The van der Waals surface area contributed by atoms with Crippen LogP contribution in [0.1, 0.15) is 25.0 Å². The molecule has 4 heterocycles. The Morgan fingerprint density at radius 3 is 2.74 bits per heavy atom. The standard InChI is InChI=1S/C17H15FN2O7/c1-7-12-13(15(25-7)20-5-9(18)14(21)19-17(20)22)27-16(26-12)8-2-3-10-11(4-8)24-6-23-10/h2-5,7,12-13,15-16H,6H2,1H3,(H,19,21,22)/t7-,12-,13-,15-,16?/m1/s1. The Morgan fingerprint density at radius 1 is 1.11 bits per heavy atom. The second kappa shape index (κ2) is 5.91. The molecule has 9 nitrogen and oxygen atoms in total. The second-order valence-electron chi connectivity index (χ2n) is 6.52. The van der Waals surface area contributed by atoms with Gasteiger partial charge >= 0.3 is 5.69 Å². The van der Waals surface area contributed by atoms with Gasteiger partial charge in [-0.15, -0.1) is 0 Å². The van der Waals surface area contributed by atoms with Crippen LogP contribution in [0, 0.1) is 5.82 Å². The van der Waals surface area contributed by atoms with Crippen molar-refractivity contribution in [2.45, 2.75) is 37.8 Å². The summed E-state index contributed by atoms with van der Waals surface area (Å²) < 4.78 is 43.0. The van der Waals surface area contributed by atoms with Crippen molar-refractivity contribution in [3.8, 4) is 11.5 Å². The van der Waals surface area contributed by atoms with E-state index in [2.05, 4.69) is 0 Å². The van der Waals surface area contributed by atoms with Crippen molar-refractivity contribution >= 4 is 0 Å². The molecule has 0 bridgehead atoms. The fourth-order valence-electron chi connectivity index (χ4n) is 3.54. The SMILES string of the molecule is C[C@H]1O[C@@H](n2cc(F)c(=O)[nH]c2=O)[C@@H]2OC(c3ccc4c(c3)OCO4)O[C@@H]21. The number of benzene rings is 1. The molecular weight excluding hydrogens is 363 g/mol. The Balaban J connectivity index is 1.45. The second-order valence-corrected chi connectivity index (χ2v) is 6.52. The van der Waals surface area contributed by atoms with E-state index in [1.54, 1.807) is 25.1 Å². The fourth-order valence-corrected chi connectivity index (χ4v) is 3.54. The largest absolute Gasteiger partial charge is 0.454 e. The van der Waals surface area contributed by atoms with Gasteiger partial charge in [-0.3, -0.25) is 14.3 Å². The zero-order valence-corrected chi connectivity index (χ0v) is 14.1. The molecule has 5 rings (SSSR count). The summed E-state index contributed by atoms with van der Waals surface area (Å²) in [6, 6.07) is 5.32. The third kappa shape index (κ3) is 2.56. The van der Waals surface area contributed by atoms with Crippen molar-refractivity contribution in [2.75, 3.05) is 6.79 Å². The Morgan fingerprint density at radius 2 is 1.89 bits per heavy atom. The molecule has 2 fully saturated rings. The molecule has 2 saturated heterocycles. The van der Waals surface area contributed by atoms with E-state index in [1.807, 2.05) is 4.98 Å². The van der Waals surface area contributed by atoms with Crippen LogP contribution in [0.5, 0.6) is 11.5 Å². The van der Waals surface area contributed by atoms with Gasteiger partial charge in [0.1, 0.15) is 12.2 Å². The molecule has 3 aliphatic rings.